The normalized spacial score (nSPS) is 10.9. The van der Waals surface area contributed by atoms with Crippen LogP contribution in [0.4, 0.5) is 0 Å². The molecule has 0 fully saturated rings. The van der Waals surface area contributed by atoms with Crippen molar-refractivity contribution in [3.8, 4) is 22.1 Å². The average Bonchev–Trinajstić information content (AvgIpc) is 3.35. The molecule has 1 aromatic carbocycles. The van der Waals surface area contributed by atoms with Crippen LogP contribution in [0.1, 0.15) is 20.9 Å². The largest absolute Gasteiger partial charge is 0.493 e. The van der Waals surface area contributed by atoms with E-state index >= 15 is 0 Å². The van der Waals surface area contributed by atoms with E-state index in [-0.39, 0.29) is 11.3 Å². The summed E-state index contributed by atoms with van der Waals surface area (Å²) in [5.41, 5.74) is 4.02. The molecule has 0 aliphatic rings. The molecule has 10 heteroatoms. The SMILES string of the molecule is COc1cccc(-c2nc(C(=O)Nn3cnc4sc(C)c(C)c4c3=O)cs2)c1OC. The first-order valence-corrected chi connectivity index (χ1v) is 10.6. The number of carbonyl (C=O) groups excluding carboxylic acids is 1. The number of thiazole rings is 1. The third-order valence-electron chi connectivity index (χ3n) is 4.68. The van der Waals surface area contributed by atoms with Gasteiger partial charge in [0.15, 0.2) is 11.5 Å². The van der Waals surface area contributed by atoms with Crippen LogP contribution in [0.3, 0.4) is 0 Å². The van der Waals surface area contributed by atoms with Crippen molar-refractivity contribution < 1.29 is 14.3 Å². The van der Waals surface area contributed by atoms with Gasteiger partial charge in [0.25, 0.3) is 11.5 Å². The summed E-state index contributed by atoms with van der Waals surface area (Å²) >= 11 is 2.75. The summed E-state index contributed by atoms with van der Waals surface area (Å²) in [4.78, 5) is 35.9. The number of ether oxygens (including phenoxy) is 2. The number of nitrogens with zero attached hydrogens (tertiary/aromatic N) is 3. The number of para-hydroxylation sites is 1. The summed E-state index contributed by atoms with van der Waals surface area (Å²) in [6, 6.07) is 5.45. The van der Waals surface area contributed by atoms with Gasteiger partial charge in [-0.05, 0) is 31.5 Å². The van der Waals surface area contributed by atoms with E-state index in [9.17, 15) is 9.59 Å². The van der Waals surface area contributed by atoms with Gasteiger partial charge in [0, 0.05) is 10.3 Å². The lowest BCUT2D eigenvalue weighted by molar-refractivity contribution is 0.100. The van der Waals surface area contributed by atoms with Crippen LogP contribution in [0.5, 0.6) is 11.5 Å². The molecule has 4 rings (SSSR count). The van der Waals surface area contributed by atoms with Crippen molar-refractivity contribution in [1.29, 1.82) is 0 Å². The molecule has 0 atom stereocenters. The maximum atomic E-state index is 12.8. The topological polar surface area (TPSA) is 95.3 Å². The number of nitrogens with one attached hydrogen (secondary N) is 1. The molecule has 0 aliphatic carbocycles. The molecule has 0 unspecified atom stereocenters. The fraction of sp³-hybridized carbons (Fsp3) is 0.200. The quantitative estimate of drug-likeness (QED) is 0.507. The van der Waals surface area contributed by atoms with Gasteiger partial charge in [-0.15, -0.1) is 22.7 Å². The van der Waals surface area contributed by atoms with E-state index < -0.39 is 5.91 Å². The molecule has 4 aromatic rings. The first-order chi connectivity index (χ1) is 14.4. The Morgan fingerprint density at radius 2 is 2.00 bits per heavy atom. The van der Waals surface area contributed by atoms with Gasteiger partial charge >= 0.3 is 0 Å². The van der Waals surface area contributed by atoms with Gasteiger partial charge in [-0.3, -0.25) is 15.0 Å². The molecule has 30 heavy (non-hydrogen) atoms. The maximum Gasteiger partial charge on any atom is 0.289 e. The minimum absolute atomic E-state index is 0.185. The molecule has 0 radical (unpaired) electrons. The number of amides is 1. The van der Waals surface area contributed by atoms with Crippen LogP contribution in [0.25, 0.3) is 20.8 Å². The lowest BCUT2D eigenvalue weighted by Gasteiger charge is -2.10. The monoisotopic (exact) mass is 442 g/mol. The van der Waals surface area contributed by atoms with E-state index in [4.69, 9.17) is 9.47 Å². The lowest BCUT2D eigenvalue weighted by Crippen LogP contribution is -2.33. The second-order valence-corrected chi connectivity index (χ2v) is 8.46. The summed E-state index contributed by atoms with van der Waals surface area (Å²) in [5, 5.41) is 2.74. The number of carbonyl (C=O) groups is 1. The van der Waals surface area contributed by atoms with E-state index in [0.29, 0.717) is 32.3 Å². The van der Waals surface area contributed by atoms with Gasteiger partial charge in [-0.25, -0.2) is 14.6 Å². The summed E-state index contributed by atoms with van der Waals surface area (Å²) in [6.07, 6.45) is 1.32. The predicted octanol–water partition coefficient (Wildman–Crippen LogP) is 3.60. The number of fused-ring (bicyclic) bond motifs is 1. The van der Waals surface area contributed by atoms with Crippen molar-refractivity contribution >= 4 is 38.8 Å². The number of thiophene rings is 1. The fourth-order valence-corrected chi connectivity index (χ4v) is 4.85. The molecule has 8 nitrogen and oxygen atoms in total. The fourth-order valence-electron chi connectivity index (χ4n) is 3.04. The lowest BCUT2D eigenvalue weighted by atomic mass is 10.2. The number of aryl methyl sites for hydroxylation is 2. The van der Waals surface area contributed by atoms with E-state index in [2.05, 4.69) is 15.4 Å². The van der Waals surface area contributed by atoms with Gasteiger partial charge in [-0.1, -0.05) is 6.07 Å². The number of hydrogen-bond acceptors (Lipinski definition) is 8. The molecule has 0 spiro atoms. The Labute approximate surface area is 179 Å². The van der Waals surface area contributed by atoms with E-state index in [1.165, 1.54) is 29.0 Å². The highest BCUT2D eigenvalue weighted by Crippen LogP contribution is 2.39. The minimum atomic E-state index is -0.507. The molecule has 1 amide bonds. The Bertz CT molecular complexity index is 1320. The summed E-state index contributed by atoms with van der Waals surface area (Å²) in [6.45, 7) is 3.81. The van der Waals surface area contributed by atoms with E-state index in [1.54, 1.807) is 25.7 Å². The molecule has 3 heterocycles. The van der Waals surface area contributed by atoms with Crippen molar-refractivity contribution in [2.24, 2.45) is 0 Å². The first-order valence-electron chi connectivity index (χ1n) is 8.90. The van der Waals surface area contributed by atoms with Crippen LogP contribution in [-0.2, 0) is 0 Å². The van der Waals surface area contributed by atoms with Crippen LogP contribution in [-0.4, -0.2) is 34.8 Å². The first kappa shape index (κ1) is 20.0. The standard InChI is InChI=1S/C20H18N4O4S2/c1-10-11(2)30-19-15(10)20(26)24(9-21-19)23-17(25)13-8-29-18(22-13)12-6-5-7-14(27-3)16(12)28-4/h5-9H,1-4H3,(H,23,25). The van der Waals surface area contributed by atoms with Crippen LogP contribution in [0.15, 0.2) is 34.7 Å². The second-order valence-electron chi connectivity index (χ2n) is 6.40. The Morgan fingerprint density at radius 3 is 2.73 bits per heavy atom. The molecule has 0 bridgehead atoms. The van der Waals surface area contributed by atoms with Crippen molar-refractivity contribution in [2.45, 2.75) is 13.8 Å². The van der Waals surface area contributed by atoms with Crippen molar-refractivity contribution in [2.75, 3.05) is 19.6 Å². The number of hydrogen-bond donors (Lipinski definition) is 1. The molecule has 154 valence electrons. The van der Waals surface area contributed by atoms with Crippen molar-refractivity contribution in [3.05, 3.63) is 56.4 Å². The Hall–Kier alpha value is -3.24. The maximum absolute atomic E-state index is 12.8. The highest BCUT2D eigenvalue weighted by molar-refractivity contribution is 7.18. The van der Waals surface area contributed by atoms with Gasteiger partial charge < -0.3 is 9.47 Å². The van der Waals surface area contributed by atoms with E-state index in [1.807, 2.05) is 26.0 Å². The molecule has 3 aromatic heterocycles. The van der Waals surface area contributed by atoms with Gasteiger partial charge in [0.2, 0.25) is 0 Å². The highest BCUT2D eigenvalue weighted by atomic mass is 32.1. The van der Waals surface area contributed by atoms with Gasteiger partial charge in [0.05, 0.1) is 25.2 Å². The van der Waals surface area contributed by atoms with Crippen LogP contribution in [0.2, 0.25) is 0 Å². The molecular formula is C20H18N4O4S2. The highest BCUT2D eigenvalue weighted by Gasteiger charge is 2.18. The second kappa shape index (κ2) is 7.88. The summed E-state index contributed by atoms with van der Waals surface area (Å²) in [7, 11) is 3.11. The van der Waals surface area contributed by atoms with Crippen molar-refractivity contribution in [3.63, 3.8) is 0 Å². The summed E-state index contributed by atoms with van der Waals surface area (Å²) < 4.78 is 11.9. The zero-order valence-corrected chi connectivity index (χ0v) is 18.3. The Morgan fingerprint density at radius 1 is 1.20 bits per heavy atom. The van der Waals surface area contributed by atoms with Gasteiger partial charge in [-0.2, -0.15) is 0 Å². The smallest absolute Gasteiger partial charge is 0.289 e. The zero-order valence-electron chi connectivity index (χ0n) is 16.7. The van der Waals surface area contributed by atoms with Crippen LogP contribution >= 0.6 is 22.7 Å². The van der Waals surface area contributed by atoms with Crippen LogP contribution in [0, 0.1) is 13.8 Å². The predicted molar refractivity (Wildman–Crippen MR) is 118 cm³/mol. The third kappa shape index (κ3) is 3.33. The average molecular weight is 443 g/mol. The molecule has 1 N–H and O–H groups in total. The number of rotatable bonds is 5. The number of methoxy groups -OCH3 is 2. The van der Waals surface area contributed by atoms with Crippen LogP contribution < -0.4 is 20.5 Å². The number of aromatic nitrogens is 3. The molecule has 0 aliphatic heterocycles. The van der Waals surface area contributed by atoms with Crippen molar-refractivity contribution in [1.82, 2.24) is 14.6 Å². The third-order valence-corrected chi connectivity index (χ3v) is 6.67. The Kier molecular flexibility index (Phi) is 5.27. The minimum Gasteiger partial charge on any atom is -0.493 e. The molecule has 0 saturated heterocycles. The molecular weight excluding hydrogens is 424 g/mol. The summed E-state index contributed by atoms with van der Waals surface area (Å²) in [5.74, 6) is 0.603. The van der Waals surface area contributed by atoms with E-state index in [0.717, 1.165) is 15.1 Å². The number of benzene rings is 1. The Balaban J connectivity index is 1.65. The molecule has 0 saturated carbocycles. The van der Waals surface area contributed by atoms with Gasteiger partial charge in [0.1, 0.15) is 21.9 Å². The zero-order chi connectivity index (χ0) is 21.4.